The lowest BCUT2D eigenvalue weighted by atomic mass is 9.76. The molecule has 1 fully saturated rings. The molecule has 0 spiro atoms. The average molecular weight is 204 g/mol. The summed E-state index contributed by atoms with van der Waals surface area (Å²) in [6, 6.07) is 11.0. The largest absolute Gasteiger partial charge is 0.271 e. The molecule has 0 radical (unpaired) electrons. The fourth-order valence-corrected chi connectivity index (χ4v) is 2.41. The highest BCUT2D eigenvalue weighted by Gasteiger charge is 2.41. The average Bonchev–Trinajstić information content (AvgIpc) is 3.04. The van der Waals surface area contributed by atoms with Gasteiger partial charge in [0.2, 0.25) is 0 Å². The van der Waals surface area contributed by atoms with Gasteiger partial charge in [-0.1, -0.05) is 44.2 Å². The van der Waals surface area contributed by atoms with Crippen molar-refractivity contribution in [3.05, 3.63) is 35.9 Å². The van der Waals surface area contributed by atoms with E-state index in [-0.39, 0.29) is 5.41 Å². The van der Waals surface area contributed by atoms with Gasteiger partial charge in [0.1, 0.15) is 0 Å². The molecule has 1 atom stereocenters. The fourth-order valence-electron chi connectivity index (χ4n) is 2.41. The Morgan fingerprint density at radius 3 is 2.33 bits per heavy atom. The smallest absolute Gasteiger partial charge is 0.0330 e. The number of nitrogens with two attached hydrogens (primary N) is 1. The molecule has 15 heavy (non-hydrogen) atoms. The topological polar surface area (TPSA) is 38.0 Å². The lowest BCUT2D eigenvalue weighted by molar-refractivity contribution is 0.311. The molecular formula is C13H20N2. The van der Waals surface area contributed by atoms with Crippen molar-refractivity contribution in [2.45, 2.75) is 38.1 Å². The molecule has 1 aliphatic rings. The van der Waals surface area contributed by atoms with Crippen molar-refractivity contribution < 1.29 is 0 Å². The first-order valence-corrected chi connectivity index (χ1v) is 5.68. The Morgan fingerprint density at radius 1 is 1.27 bits per heavy atom. The Kier molecular flexibility index (Phi) is 2.81. The molecule has 0 bridgehead atoms. The monoisotopic (exact) mass is 204 g/mol. The van der Waals surface area contributed by atoms with Crippen molar-refractivity contribution in [2.24, 2.45) is 11.8 Å². The van der Waals surface area contributed by atoms with E-state index in [1.165, 1.54) is 18.4 Å². The minimum atomic E-state index is 0.108. The van der Waals surface area contributed by atoms with Crippen LogP contribution in [0.3, 0.4) is 0 Å². The van der Waals surface area contributed by atoms with Crippen molar-refractivity contribution >= 4 is 0 Å². The molecular weight excluding hydrogens is 184 g/mol. The summed E-state index contributed by atoms with van der Waals surface area (Å²) < 4.78 is 0. The predicted octanol–water partition coefficient (Wildman–Crippen LogP) is 2.21. The van der Waals surface area contributed by atoms with Crippen LogP contribution in [0.4, 0.5) is 0 Å². The first-order valence-electron chi connectivity index (χ1n) is 5.68. The molecule has 0 saturated heterocycles. The summed E-state index contributed by atoms with van der Waals surface area (Å²) in [5, 5.41) is 0. The number of hydrogen-bond donors (Lipinski definition) is 2. The lowest BCUT2D eigenvalue weighted by Crippen LogP contribution is -2.49. The maximum Gasteiger partial charge on any atom is 0.0330 e. The molecule has 1 unspecified atom stereocenters. The molecule has 2 nitrogen and oxygen atoms in total. The summed E-state index contributed by atoms with van der Waals surface area (Å²) in [4.78, 5) is 0. The zero-order valence-electron chi connectivity index (χ0n) is 9.53. The molecule has 0 aromatic heterocycles. The zero-order valence-corrected chi connectivity index (χ0v) is 9.53. The Bertz CT molecular complexity index is 315. The Labute approximate surface area is 91.8 Å². The van der Waals surface area contributed by atoms with Gasteiger partial charge in [0.15, 0.2) is 0 Å². The highest BCUT2D eigenvalue weighted by molar-refractivity contribution is 5.26. The van der Waals surface area contributed by atoms with Crippen molar-refractivity contribution in [3.63, 3.8) is 0 Å². The van der Waals surface area contributed by atoms with Gasteiger partial charge in [-0.3, -0.25) is 11.3 Å². The molecule has 1 aliphatic carbocycles. The molecule has 2 rings (SSSR count). The SMILES string of the molecule is CC(C)(c1ccccc1)C(NN)C1CC1. The number of nitrogens with one attached hydrogen (secondary N) is 1. The van der Waals surface area contributed by atoms with E-state index in [1.54, 1.807) is 0 Å². The van der Waals surface area contributed by atoms with Gasteiger partial charge in [0.05, 0.1) is 0 Å². The summed E-state index contributed by atoms with van der Waals surface area (Å²) in [5.74, 6) is 6.44. The van der Waals surface area contributed by atoms with Crippen molar-refractivity contribution in [3.8, 4) is 0 Å². The third-order valence-corrected chi connectivity index (χ3v) is 3.57. The van der Waals surface area contributed by atoms with Crippen molar-refractivity contribution in [1.82, 2.24) is 5.43 Å². The second-order valence-electron chi connectivity index (χ2n) is 5.07. The van der Waals surface area contributed by atoms with Crippen LogP contribution in [0.25, 0.3) is 0 Å². The summed E-state index contributed by atoms with van der Waals surface area (Å²) in [7, 11) is 0. The van der Waals surface area contributed by atoms with Gasteiger partial charge in [-0.05, 0) is 24.3 Å². The molecule has 1 aromatic rings. The predicted molar refractivity (Wildman–Crippen MR) is 63.3 cm³/mol. The van der Waals surface area contributed by atoms with Crippen LogP contribution in [-0.2, 0) is 5.41 Å². The van der Waals surface area contributed by atoms with E-state index in [1.807, 2.05) is 0 Å². The van der Waals surface area contributed by atoms with Gasteiger partial charge in [0.25, 0.3) is 0 Å². The van der Waals surface area contributed by atoms with E-state index >= 15 is 0 Å². The normalized spacial score (nSPS) is 18.9. The van der Waals surface area contributed by atoms with Crippen LogP contribution in [0.2, 0.25) is 0 Å². The Balaban J connectivity index is 2.24. The molecule has 0 amide bonds. The minimum absolute atomic E-state index is 0.108. The van der Waals surface area contributed by atoms with Crippen LogP contribution in [-0.4, -0.2) is 6.04 Å². The Morgan fingerprint density at radius 2 is 1.87 bits per heavy atom. The van der Waals surface area contributed by atoms with Gasteiger partial charge < -0.3 is 0 Å². The Hall–Kier alpha value is -0.860. The van der Waals surface area contributed by atoms with Crippen molar-refractivity contribution in [1.29, 1.82) is 0 Å². The van der Waals surface area contributed by atoms with Crippen LogP contribution in [0.1, 0.15) is 32.3 Å². The molecule has 1 aromatic carbocycles. The van der Waals surface area contributed by atoms with Gasteiger partial charge in [-0.15, -0.1) is 0 Å². The number of hydrazine groups is 1. The highest BCUT2D eigenvalue weighted by Crippen LogP contribution is 2.41. The van der Waals surface area contributed by atoms with Crippen LogP contribution in [0.15, 0.2) is 30.3 Å². The fraction of sp³-hybridized carbons (Fsp3) is 0.538. The summed E-state index contributed by atoms with van der Waals surface area (Å²) >= 11 is 0. The standard InChI is InChI=1S/C13H20N2/c1-13(2,11-6-4-3-5-7-11)12(15-14)10-8-9-10/h3-7,10,12,15H,8-9,14H2,1-2H3. The van der Waals surface area contributed by atoms with Gasteiger partial charge in [-0.25, -0.2) is 0 Å². The van der Waals surface area contributed by atoms with E-state index in [0.29, 0.717) is 6.04 Å². The molecule has 0 aliphatic heterocycles. The molecule has 0 heterocycles. The minimum Gasteiger partial charge on any atom is -0.271 e. The van der Waals surface area contributed by atoms with E-state index in [0.717, 1.165) is 5.92 Å². The van der Waals surface area contributed by atoms with Gasteiger partial charge in [-0.2, -0.15) is 0 Å². The maximum absolute atomic E-state index is 5.69. The third kappa shape index (κ3) is 2.06. The van der Waals surface area contributed by atoms with Crippen molar-refractivity contribution in [2.75, 3.05) is 0 Å². The van der Waals surface area contributed by atoms with E-state index < -0.39 is 0 Å². The van der Waals surface area contributed by atoms with E-state index in [2.05, 4.69) is 49.6 Å². The van der Waals surface area contributed by atoms with E-state index in [9.17, 15) is 0 Å². The molecule has 2 heteroatoms. The quantitative estimate of drug-likeness (QED) is 0.583. The number of hydrogen-bond acceptors (Lipinski definition) is 2. The van der Waals surface area contributed by atoms with E-state index in [4.69, 9.17) is 5.84 Å². The second-order valence-corrected chi connectivity index (χ2v) is 5.07. The summed E-state index contributed by atoms with van der Waals surface area (Å²) in [6.07, 6.45) is 2.62. The molecule has 82 valence electrons. The summed E-state index contributed by atoms with van der Waals surface area (Å²) in [5.41, 5.74) is 4.47. The first kappa shape index (κ1) is 10.7. The molecule has 3 N–H and O–H groups in total. The van der Waals surface area contributed by atoms with Crippen LogP contribution in [0.5, 0.6) is 0 Å². The number of benzene rings is 1. The van der Waals surface area contributed by atoms with Gasteiger partial charge in [0, 0.05) is 11.5 Å². The van der Waals surface area contributed by atoms with Crippen LogP contribution >= 0.6 is 0 Å². The van der Waals surface area contributed by atoms with Crippen LogP contribution < -0.4 is 11.3 Å². The maximum atomic E-state index is 5.69. The zero-order chi connectivity index (χ0) is 10.9. The lowest BCUT2D eigenvalue weighted by Gasteiger charge is -2.34. The third-order valence-electron chi connectivity index (χ3n) is 3.57. The summed E-state index contributed by atoms with van der Waals surface area (Å²) in [6.45, 7) is 4.54. The molecule has 1 saturated carbocycles. The number of rotatable bonds is 4. The highest BCUT2D eigenvalue weighted by atomic mass is 15.2. The first-order chi connectivity index (χ1) is 7.16. The van der Waals surface area contributed by atoms with Gasteiger partial charge >= 0.3 is 0 Å². The van der Waals surface area contributed by atoms with Crippen LogP contribution in [0, 0.1) is 5.92 Å². The second kappa shape index (κ2) is 3.95.